The Hall–Kier alpha value is -3.28. The van der Waals surface area contributed by atoms with E-state index in [9.17, 15) is 4.39 Å². The second-order valence-electron chi connectivity index (χ2n) is 5.82. The number of hydrogen-bond acceptors (Lipinski definition) is 5. The van der Waals surface area contributed by atoms with Crippen molar-refractivity contribution in [1.29, 1.82) is 0 Å². The van der Waals surface area contributed by atoms with Crippen molar-refractivity contribution in [2.24, 2.45) is 0 Å². The molecule has 0 aliphatic heterocycles. The Balaban J connectivity index is 1.86. The third-order valence-electron chi connectivity index (χ3n) is 4.06. The molecule has 0 unspecified atom stereocenters. The first-order valence-electron chi connectivity index (χ1n) is 8.29. The van der Waals surface area contributed by atoms with E-state index in [2.05, 4.69) is 15.1 Å². The van der Waals surface area contributed by atoms with Crippen molar-refractivity contribution in [3.63, 3.8) is 0 Å². The average molecular weight is 349 g/mol. The molecule has 0 aliphatic rings. The highest BCUT2D eigenvalue weighted by Gasteiger charge is 2.19. The summed E-state index contributed by atoms with van der Waals surface area (Å²) in [6.45, 7) is 4.33. The standard InChI is InChI=1S/C20H16FN3O2/c1-3-25-19-15(11-13-8-6-7-12(2)17(13)22-19)18-23-20(26-24-18)14-9-4-5-10-16(14)21/h4-11H,3H2,1-2H3. The molecule has 26 heavy (non-hydrogen) atoms. The number of ether oxygens (including phenoxy) is 1. The van der Waals surface area contributed by atoms with E-state index in [0.29, 0.717) is 23.9 Å². The Morgan fingerprint density at radius 2 is 1.88 bits per heavy atom. The van der Waals surface area contributed by atoms with Gasteiger partial charge in [0, 0.05) is 5.39 Å². The van der Waals surface area contributed by atoms with E-state index in [1.807, 2.05) is 38.1 Å². The van der Waals surface area contributed by atoms with E-state index in [-0.39, 0.29) is 11.5 Å². The number of halogens is 1. The van der Waals surface area contributed by atoms with Gasteiger partial charge in [0.15, 0.2) is 0 Å². The maximum atomic E-state index is 14.0. The van der Waals surface area contributed by atoms with Crippen molar-refractivity contribution in [3.05, 3.63) is 59.9 Å². The van der Waals surface area contributed by atoms with Gasteiger partial charge in [0.25, 0.3) is 5.89 Å². The molecule has 5 nitrogen and oxygen atoms in total. The van der Waals surface area contributed by atoms with E-state index in [0.717, 1.165) is 16.5 Å². The highest BCUT2D eigenvalue weighted by atomic mass is 19.1. The van der Waals surface area contributed by atoms with Gasteiger partial charge in [-0.25, -0.2) is 9.37 Å². The molecular weight excluding hydrogens is 333 g/mol. The third-order valence-corrected chi connectivity index (χ3v) is 4.06. The van der Waals surface area contributed by atoms with Crippen LogP contribution in [0.15, 0.2) is 53.1 Å². The second-order valence-corrected chi connectivity index (χ2v) is 5.82. The molecule has 130 valence electrons. The van der Waals surface area contributed by atoms with Crippen LogP contribution in [-0.2, 0) is 0 Å². The molecular formula is C20H16FN3O2. The molecule has 2 aromatic carbocycles. The lowest BCUT2D eigenvalue weighted by Crippen LogP contribution is -1.99. The molecule has 2 heterocycles. The van der Waals surface area contributed by atoms with Crippen molar-refractivity contribution in [2.45, 2.75) is 13.8 Å². The van der Waals surface area contributed by atoms with Crippen molar-refractivity contribution < 1.29 is 13.7 Å². The molecule has 4 aromatic rings. The Bertz CT molecular complexity index is 1090. The van der Waals surface area contributed by atoms with Gasteiger partial charge in [-0.1, -0.05) is 35.5 Å². The lowest BCUT2D eigenvalue weighted by molar-refractivity contribution is 0.329. The first kappa shape index (κ1) is 16.2. The van der Waals surface area contributed by atoms with Crippen LogP contribution in [-0.4, -0.2) is 21.7 Å². The predicted molar refractivity (Wildman–Crippen MR) is 96.3 cm³/mol. The lowest BCUT2D eigenvalue weighted by Gasteiger charge is -2.09. The molecule has 0 saturated carbocycles. The number of nitrogens with zero attached hydrogens (tertiary/aromatic N) is 3. The summed E-state index contributed by atoms with van der Waals surface area (Å²) in [6, 6.07) is 14.1. The summed E-state index contributed by atoms with van der Waals surface area (Å²) < 4.78 is 24.9. The number of para-hydroxylation sites is 1. The molecule has 0 N–H and O–H groups in total. The van der Waals surface area contributed by atoms with Gasteiger partial charge in [-0.15, -0.1) is 0 Å². The van der Waals surface area contributed by atoms with Crippen LogP contribution in [0.5, 0.6) is 5.88 Å². The Labute approximate surface area is 149 Å². The SMILES string of the molecule is CCOc1nc2c(C)cccc2cc1-c1noc(-c2ccccc2F)n1. The maximum Gasteiger partial charge on any atom is 0.261 e. The zero-order chi connectivity index (χ0) is 18.1. The van der Waals surface area contributed by atoms with Gasteiger partial charge in [0.05, 0.1) is 23.3 Å². The van der Waals surface area contributed by atoms with Crippen molar-refractivity contribution >= 4 is 10.9 Å². The third kappa shape index (κ3) is 2.79. The normalized spacial score (nSPS) is 11.0. The molecule has 0 saturated heterocycles. The Kier molecular flexibility index (Phi) is 4.08. The second kappa shape index (κ2) is 6.55. The smallest absolute Gasteiger partial charge is 0.261 e. The van der Waals surface area contributed by atoms with Crippen LogP contribution in [0.3, 0.4) is 0 Å². The molecule has 0 amide bonds. The van der Waals surface area contributed by atoms with Crippen molar-refractivity contribution in [3.8, 4) is 28.7 Å². The molecule has 6 heteroatoms. The van der Waals surface area contributed by atoms with E-state index in [4.69, 9.17) is 9.26 Å². The summed E-state index contributed by atoms with van der Waals surface area (Å²) in [7, 11) is 0. The van der Waals surface area contributed by atoms with Gasteiger partial charge >= 0.3 is 0 Å². The fourth-order valence-corrected chi connectivity index (χ4v) is 2.81. The minimum atomic E-state index is -0.417. The van der Waals surface area contributed by atoms with Gasteiger partial charge in [-0.05, 0) is 37.6 Å². The molecule has 0 atom stereocenters. The monoisotopic (exact) mass is 349 g/mol. The van der Waals surface area contributed by atoms with Crippen LogP contribution in [0.4, 0.5) is 4.39 Å². The Morgan fingerprint density at radius 1 is 1.04 bits per heavy atom. The van der Waals surface area contributed by atoms with E-state index >= 15 is 0 Å². The fourth-order valence-electron chi connectivity index (χ4n) is 2.81. The molecule has 0 spiro atoms. The van der Waals surface area contributed by atoms with Crippen LogP contribution in [0.25, 0.3) is 33.7 Å². The summed E-state index contributed by atoms with van der Waals surface area (Å²) in [4.78, 5) is 8.97. The van der Waals surface area contributed by atoms with E-state index < -0.39 is 5.82 Å². The first-order valence-corrected chi connectivity index (χ1v) is 8.29. The van der Waals surface area contributed by atoms with Crippen LogP contribution in [0.1, 0.15) is 12.5 Å². The quantitative estimate of drug-likeness (QED) is 0.530. The number of benzene rings is 2. The average Bonchev–Trinajstić information content (AvgIpc) is 3.12. The number of hydrogen-bond donors (Lipinski definition) is 0. The summed E-state index contributed by atoms with van der Waals surface area (Å²) >= 11 is 0. The van der Waals surface area contributed by atoms with E-state index in [1.54, 1.807) is 18.2 Å². The summed E-state index contributed by atoms with van der Waals surface area (Å²) in [5.41, 5.74) is 2.78. The number of rotatable bonds is 4. The molecule has 0 aliphatic carbocycles. The molecule has 0 fully saturated rings. The lowest BCUT2D eigenvalue weighted by atomic mass is 10.1. The first-order chi connectivity index (χ1) is 12.7. The van der Waals surface area contributed by atoms with Crippen LogP contribution >= 0.6 is 0 Å². The maximum absolute atomic E-state index is 14.0. The van der Waals surface area contributed by atoms with Crippen LogP contribution in [0, 0.1) is 12.7 Å². The summed E-state index contributed by atoms with van der Waals surface area (Å²) in [6.07, 6.45) is 0. The number of pyridine rings is 1. The number of fused-ring (bicyclic) bond motifs is 1. The Morgan fingerprint density at radius 3 is 2.69 bits per heavy atom. The molecule has 4 rings (SSSR count). The fraction of sp³-hybridized carbons (Fsp3) is 0.150. The van der Waals surface area contributed by atoms with Gasteiger partial charge in [0.1, 0.15) is 5.82 Å². The van der Waals surface area contributed by atoms with Crippen molar-refractivity contribution in [2.75, 3.05) is 6.61 Å². The van der Waals surface area contributed by atoms with Crippen LogP contribution < -0.4 is 4.74 Å². The van der Waals surface area contributed by atoms with Crippen molar-refractivity contribution in [1.82, 2.24) is 15.1 Å². The molecule has 0 radical (unpaired) electrons. The zero-order valence-electron chi connectivity index (χ0n) is 14.4. The number of aryl methyl sites for hydroxylation is 1. The highest BCUT2D eigenvalue weighted by Crippen LogP contribution is 2.32. The zero-order valence-corrected chi connectivity index (χ0v) is 14.4. The predicted octanol–water partition coefficient (Wildman–Crippen LogP) is 4.80. The van der Waals surface area contributed by atoms with Gasteiger partial charge < -0.3 is 9.26 Å². The van der Waals surface area contributed by atoms with Gasteiger partial charge in [0.2, 0.25) is 11.7 Å². The minimum absolute atomic E-state index is 0.116. The topological polar surface area (TPSA) is 61.0 Å². The molecule has 2 aromatic heterocycles. The molecule has 0 bridgehead atoms. The summed E-state index contributed by atoms with van der Waals surface area (Å²) in [5, 5.41) is 4.95. The van der Waals surface area contributed by atoms with Gasteiger partial charge in [-0.2, -0.15) is 4.98 Å². The van der Waals surface area contributed by atoms with Crippen LogP contribution in [0.2, 0.25) is 0 Å². The van der Waals surface area contributed by atoms with E-state index in [1.165, 1.54) is 6.07 Å². The summed E-state index contributed by atoms with van der Waals surface area (Å²) in [5.74, 6) is 0.433. The minimum Gasteiger partial charge on any atom is -0.477 e. The largest absolute Gasteiger partial charge is 0.477 e. The van der Waals surface area contributed by atoms with Gasteiger partial charge in [-0.3, -0.25) is 0 Å². The highest BCUT2D eigenvalue weighted by molar-refractivity contribution is 5.87. The number of aromatic nitrogens is 3.